The summed E-state index contributed by atoms with van der Waals surface area (Å²) < 4.78 is 13.0. The highest BCUT2D eigenvalue weighted by atomic mass is 35.5. The van der Waals surface area contributed by atoms with Crippen molar-refractivity contribution in [1.29, 1.82) is 0 Å². The maximum atomic E-state index is 12.9. The van der Waals surface area contributed by atoms with E-state index in [1.807, 2.05) is 62.4 Å². The highest BCUT2D eigenvalue weighted by Crippen LogP contribution is 2.35. The number of benzene rings is 2. The number of nitrogens with one attached hydrogen (secondary N) is 1. The number of rotatable bonds is 8. The molecule has 2 aromatic carbocycles. The second kappa shape index (κ2) is 9.82. The summed E-state index contributed by atoms with van der Waals surface area (Å²) in [6.45, 7) is 4.60. The third-order valence-corrected chi connectivity index (χ3v) is 5.58. The van der Waals surface area contributed by atoms with E-state index in [4.69, 9.17) is 21.1 Å². The molecule has 4 rings (SSSR count). The van der Waals surface area contributed by atoms with E-state index >= 15 is 0 Å². The van der Waals surface area contributed by atoms with Crippen LogP contribution in [-0.4, -0.2) is 32.8 Å². The van der Waals surface area contributed by atoms with E-state index in [2.05, 4.69) is 20.8 Å². The first-order valence-electron chi connectivity index (χ1n) is 10.5. The minimum Gasteiger partial charge on any atom is -0.489 e. The van der Waals surface area contributed by atoms with Crippen molar-refractivity contribution in [2.45, 2.75) is 39.3 Å². The average Bonchev–Trinajstić information content (AvgIpc) is 3.26. The van der Waals surface area contributed by atoms with Crippen molar-refractivity contribution in [2.75, 3.05) is 11.9 Å². The molecule has 0 radical (unpaired) electrons. The van der Waals surface area contributed by atoms with Crippen molar-refractivity contribution < 1.29 is 14.3 Å². The van der Waals surface area contributed by atoms with Crippen molar-refractivity contribution in [3.05, 3.63) is 76.0 Å². The minimum atomic E-state index is -0.506. The summed E-state index contributed by atoms with van der Waals surface area (Å²) in [6.07, 6.45) is 1.75. The van der Waals surface area contributed by atoms with Gasteiger partial charge in [0, 0.05) is 16.3 Å². The molecule has 166 valence electrons. The van der Waals surface area contributed by atoms with Gasteiger partial charge < -0.3 is 14.8 Å². The molecule has 3 aromatic rings. The summed E-state index contributed by atoms with van der Waals surface area (Å²) >= 11 is 6.20. The van der Waals surface area contributed by atoms with Crippen LogP contribution in [0.1, 0.15) is 43.9 Å². The Bertz CT molecular complexity index is 1130. The third kappa shape index (κ3) is 4.60. The number of esters is 1. The van der Waals surface area contributed by atoms with E-state index in [0.717, 1.165) is 24.0 Å². The molecule has 1 N–H and O–H groups in total. The van der Waals surface area contributed by atoms with Crippen LogP contribution >= 0.6 is 11.6 Å². The van der Waals surface area contributed by atoms with Crippen LogP contribution in [-0.2, 0) is 16.1 Å². The number of anilines is 1. The number of fused-ring (bicyclic) bond motifs is 1. The highest BCUT2D eigenvalue weighted by Gasteiger charge is 2.34. The molecular formula is C23H24ClN5O3. The van der Waals surface area contributed by atoms with Crippen molar-refractivity contribution in [3.8, 4) is 5.75 Å². The van der Waals surface area contributed by atoms with Gasteiger partial charge in [-0.25, -0.2) is 4.79 Å². The summed E-state index contributed by atoms with van der Waals surface area (Å²) in [5, 5.41) is 15.6. The number of halogens is 1. The summed E-state index contributed by atoms with van der Waals surface area (Å²) in [4.78, 5) is 12.9. The monoisotopic (exact) mass is 453 g/mol. The normalized spacial score (nSPS) is 15.2. The van der Waals surface area contributed by atoms with Crippen LogP contribution < -0.4 is 10.1 Å². The van der Waals surface area contributed by atoms with Gasteiger partial charge in [-0.05, 0) is 47.5 Å². The molecule has 1 unspecified atom stereocenters. The molecule has 1 atom stereocenters. The second-order valence-corrected chi connectivity index (χ2v) is 7.86. The van der Waals surface area contributed by atoms with E-state index in [-0.39, 0.29) is 5.97 Å². The number of carbonyl (C=O) groups is 1. The topological polar surface area (TPSA) is 91.2 Å². The molecule has 1 aliphatic heterocycles. The molecule has 32 heavy (non-hydrogen) atoms. The average molecular weight is 454 g/mol. The Hall–Kier alpha value is -3.39. The fourth-order valence-electron chi connectivity index (χ4n) is 3.49. The SMILES string of the molecule is CCCCOC(=O)C1=C(C)Nc2nnnn2C1c1ccc(OCc2ccccc2Cl)cc1. The first-order chi connectivity index (χ1) is 15.6. The first kappa shape index (κ1) is 21.8. The molecule has 0 fully saturated rings. The zero-order valence-corrected chi connectivity index (χ0v) is 18.7. The number of allylic oxidation sites excluding steroid dienone is 1. The molecular weight excluding hydrogens is 430 g/mol. The lowest BCUT2D eigenvalue weighted by atomic mass is 9.96. The Kier molecular flexibility index (Phi) is 6.70. The van der Waals surface area contributed by atoms with Gasteiger partial charge in [0.05, 0.1) is 12.2 Å². The maximum Gasteiger partial charge on any atom is 0.338 e. The summed E-state index contributed by atoms with van der Waals surface area (Å²) in [5.74, 6) is 0.776. The van der Waals surface area contributed by atoms with E-state index in [1.165, 1.54) is 0 Å². The molecule has 1 aliphatic rings. The zero-order valence-electron chi connectivity index (χ0n) is 17.9. The first-order valence-corrected chi connectivity index (χ1v) is 10.8. The quantitative estimate of drug-likeness (QED) is 0.395. The molecule has 0 amide bonds. The van der Waals surface area contributed by atoms with Crippen molar-refractivity contribution in [3.63, 3.8) is 0 Å². The smallest absolute Gasteiger partial charge is 0.338 e. The Balaban J connectivity index is 1.57. The Morgan fingerprint density at radius 2 is 1.97 bits per heavy atom. The number of carbonyl (C=O) groups excluding carboxylic acids is 1. The number of nitrogens with zero attached hydrogens (tertiary/aromatic N) is 4. The number of hydrogen-bond acceptors (Lipinski definition) is 7. The van der Waals surface area contributed by atoms with Crippen molar-refractivity contribution >= 4 is 23.5 Å². The van der Waals surface area contributed by atoms with Crippen LogP contribution in [0.3, 0.4) is 0 Å². The predicted octanol–water partition coefficient (Wildman–Crippen LogP) is 4.54. The molecule has 0 saturated carbocycles. The number of hydrogen-bond donors (Lipinski definition) is 1. The molecule has 0 spiro atoms. The molecule has 0 bridgehead atoms. The van der Waals surface area contributed by atoms with Crippen LogP contribution in [0.2, 0.25) is 5.02 Å². The summed E-state index contributed by atoms with van der Waals surface area (Å²) in [7, 11) is 0. The van der Waals surface area contributed by atoms with Crippen molar-refractivity contribution in [1.82, 2.24) is 20.2 Å². The van der Waals surface area contributed by atoms with E-state index < -0.39 is 6.04 Å². The molecule has 8 nitrogen and oxygen atoms in total. The predicted molar refractivity (Wildman–Crippen MR) is 120 cm³/mol. The van der Waals surface area contributed by atoms with Crippen LogP contribution in [0, 0.1) is 0 Å². The molecule has 1 aromatic heterocycles. The summed E-state index contributed by atoms with van der Waals surface area (Å²) in [6, 6.07) is 14.6. The standard InChI is InChI=1S/C23H24ClN5O3/c1-3-4-13-31-22(30)20-15(2)25-23-26-27-28-29(23)21(20)16-9-11-18(12-10-16)32-14-17-7-5-6-8-19(17)24/h5-12,21H,3-4,13-14H2,1-2H3,(H,25,26,28). The van der Waals surface area contributed by atoms with Crippen LogP contribution in [0.25, 0.3) is 0 Å². The fraction of sp³-hybridized carbons (Fsp3) is 0.304. The van der Waals surface area contributed by atoms with Crippen LogP contribution in [0.15, 0.2) is 59.8 Å². The maximum absolute atomic E-state index is 12.9. The number of tetrazole rings is 1. The van der Waals surface area contributed by atoms with Gasteiger partial charge in [0.2, 0.25) is 5.95 Å². The van der Waals surface area contributed by atoms with E-state index in [9.17, 15) is 4.79 Å². The summed E-state index contributed by atoms with van der Waals surface area (Å²) in [5.41, 5.74) is 2.89. The third-order valence-electron chi connectivity index (χ3n) is 5.21. The number of ether oxygens (including phenoxy) is 2. The van der Waals surface area contributed by atoms with Gasteiger partial charge in [0.1, 0.15) is 18.4 Å². The Labute approximate surface area is 191 Å². The van der Waals surface area contributed by atoms with Crippen LogP contribution in [0.4, 0.5) is 5.95 Å². The van der Waals surface area contributed by atoms with Crippen LogP contribution in [0.5, 0.6) is 5.75 Å². The minimum absolute atomic E-state index is 0.359. The molecule has 0 aliphatic carbocycles. The lowest BCUT2D eigenvalue weighted by molar-refractivity contribution is -0.139. The Morgan fingerprint density at radius 1 is 1.19 bits per heavy atom. The van der Waals surface area contributed by atoms with Gasteiger partial charge in [0.25, 0.3) is 0 Å². The largest absolute Gasteiger partial charge is 0.489 e. The van der Waals surface area contributed by atoms with Gasteiger partial charge in [-0.1, -0.05) is 60.4 Å². The lowest BCUT2D eigenvalue weighted by Crippen LogP contribution is -2.29. The highest BCUT2D eigenvalue weighted by molar-refractivity contribution is 6.31. The zero-order chi connectivity index (χ0) is 22.5. The van der Waals surface area contributed by atoms with E-state index in [0.29, 0.717) is 41.2 Å². The number of unbranched alkanes of at least 4 members (excludes halogenated alkanes) is 1. The lowest BCUT2D eigenvalue weighted by Gasteiger charge is -2.27. The van der Waals surface area contributed by atoms with Gasteiger partial charge in [-0.2, -0.15) is 4.68 Å². The van der Waals surface area contributed by atoms with Crippen molar-refractivity contribution in [2.24, 2.45) is 0 Å². The van der Waals surface area contributed by atoms with Gasteiger partial charge in [-0.15, -0.1) is 0 Å². The number of aromatic nitrogens is 4. The molecule has 0 saturated heterocycles. The second-order valence-electron chi connectivity index (χ2n) is 7.45. The fourth-order valence-corrected chi connectivity index (χ4v) is 3.68. The van der Waals surface area contributed by atoms with Gasteiger partial charge in [0.15, 0.2) is 0 Å². The molecule has 2 heterocycles. The Morgan fingerprint density at radius 3 is 2.72 bits per heavy atom. The van der Waals surface area contributed by atoms with Gasteiger partial charge >= 0.3 is 5.97 Å². The van der Waals surface area contributed by atoms with Gasteiger partial charge in [-0.3, -0.25) is 0 Å². The van der Waals surface area contributed by atoms with E-state index in [1.54, 1.807) is 4.68 Å². The molecule has 9 heteroatoms.